The van der Waals surface area contributed by atoms with Gasteiger partial charge in [-0.15, -0.1) is 0 Å². The van der Waals surface area contributed by atoms with Gasteiger partial charge in [-0.1, -0.05) is 0 Å². The van der Waals surface area contributed by atoms with Crippen LogP contribution in [0.1, 0.15) is 29.6 Å². The van der Waals surface area contributed by atoms with E-state index in [1.54, 1.807) is 0 Å². The standard InChI is InChI=1S/C18H21N3O5S/c1-21(12-15-3-2-9-25-15)27(23,24)16-6-4-13(5-7-16)17(22)20-18-14(11-19)8-10-26-18/h4-7,15H,2-3,8-10,12H2,1H3,(H,20,22)/t15-/m0/s1. The number of rotatable bonds is 6. The number of nitriles is 1. The molecular formula is C18H21N3O5S. The maximum Gasteiger partial charge on any atom is 0.257 e. The number of nitrogens with zero attached hydrogens (tertiary/aromatic N) is 2. The molecule has 1 N–H and O–H groups in total. The van der Waals surface area contributed by atoms with Crippen molar-refractivity contribution in [2.75, 3.05) is 26.8 Å². The van der Waals surface area contributed by atoms with Gasteiger partial charge < -0.3 is 9.47 Å². The lowest BCUT2D eigenvalue weighted by atomic mass is 10.2. The predicted molar refractivity (Wildman–Crippen MR) is 95.9 cm³/mol. The first-order chi connectivity index (χ1) is 12.9. The van der Waals surface area contributed by atoms with Crippen molar-refractivity contribution in [1.82, 2.24) is 9.62 Å². The smallest absolute Gasteiger partial charge is 0.257 e. The van der Waals surface area contributed by atoms with Gasteiger partial charge in [-0.3, -0.25) is 10.1 Å². The maximum atomic E-state index is 12.7. The monoisotopic (exact) mass is 391 g/mol. The van der Waals surface area contributed by atoms with Gasteiger partial charge in [0.1, 0.15) is 6.07 Å². The summed E-state index contributed by atoms with van der Waals surface area (Å²) in [7, 11) is -2.14. The molecule has 1 fully saturated rings. The summed E-state index contributed by atoms with van der Waals surface area (Å²) in [5.41, 5.74) is 0.661. The minimum atomic E-state index is -3.66. The molecule has 1 aromatic rings. The summed E-state index contributed by atoms with van der Waals surface area (Å²) in [6.45, 7) is 1.32. The molecule has 2 aliphatic rings. The highest BCUT2D eigenvalue weighted by atomic mass is 32.2. The number of carbonyl (C=O) groups is 1. The van der Waals surface area contributed by atoms with E-state index in [4.69, 9.17) is 14.7 Å². The Bertz CT molecular complexity index is 881. The summed E-state index contributed by atoms with van der Waals surface area (Å²) in [5.74, 6) is -0.299. The summed E-state index contributed by atoms with van der Waals surface area (Å²) >= 11 is 0. The SMILES string of the molecule is CN(C[C@@H]1CCCO1)S(=O)(=O)c1ccc(C(=O)NC2=C(C#N)CCO2)cc1. The molecule has 0 spiro atoms. The van der Waals surface area contributed by atoms with Crippen LogP contribution in [0.5, 0.6) is 0 Å². The van der Waals surface area contributed by atoms with Crippen molar-refractivity contribution in [3.63, 3.8) is 0 Å². The van der Waals surface area contributed by atoms with E-state index in [-0.39, 0.29) is 22.4 Å². The van der Waals surface area contributed by atoms with Crippen molar-refractivity contribution in [3.8, 4) is 6.07 Å². The van der Waals surface area contributed by atoms with Crippen molar-refractivity contribution in [3.05, 3.63) is 41.3 Å². The molecule has 1 atom stereocenters. The summed E-state index contributed by atoms with van der Waals surface area (Å²) < 4.78 is 37.3. The number of amides is 1. The Kier molecular flexibility index (Phi) is 5.79. The second-order valence-corrected chi connectivity index (χ2v) is 8.46. The highest BCUT2D eigenvalue weighted by Gasteiger charge is 2.26. The zero-order valence-corrected chi connectivity index (χ0v) is 15.8. The average Bonchev–Trinajstić information content (AvgIpc) is 3.33. The van der Waals surface area contributed by atoms with Crippen LogP contribution in [0.2, 0.25) is 0 Å². The van der Waals surface area contributed by atoms with E-state index in [0.717, 1.165) is 12.8 Å². The number of hydrogen-bond acceptors (Lipinski definition) is 6. The molecule has 0 saturated carbocycles. The number of sulfonamides is 1. The number of likely N-dealkylation sites (N-methyl/N-ethyl adjacent to an activating group) is 1. The minimum Gasteiger partial charge on any atom is -0.478 e. The lowest BCUT2D eigenvalue weighted by Crippen LogP contribution is -2.34. The largest absolute Gasteiger partial charge is 0.478 e. The lowest BCUT2D eigenvalue weighted by Gasteiger charge is -2.20. The van der Waals surface area contributed by atoms with Gasteiger partial charge in [0, 0.05) is 32.2 Å². The zero-order valence-electron chi connectivity index (χ0n) is 15.0. The molecule has 0 unspecified atom stereocenters. The van der Waals surface area contributed by atoms with Crippen LogP contribution in [-0.2, 0) is 19.5 Å². The minimum absolute atomic E-state index is 0.0798. The van der Waals surface area contributed by atoms with Crippen LogP contribution in [0.4, 0.5) is 0 Å². The number of hydrogen-bond donors (Lipinski definition) is 1. The molecule has 27 heavy (non-hydrogen) atoms. The Morgan fingerprint density at radius 2 is 2.07 bits per heavy atom. The Morgan fingerprint density at radius 1 is 1.33 bits per heavy atom. The number of nitrogens with one attached hydrogen (secondary N) is 1. The topological polar surface area (TPSA) is 109 Å². The Labute approximate surface area is 158 Å². The molecule has 1 aromatic carbocycles. The molecule has 0 bridgehead atoms. The van der Waals surface area contributed by atoms with Crippen LogP contribution >= 0.6 is 0 Å². The number of carbonyl (C=O) groups excluding carboxylic acids is 1. The third-order valence-corrected chi connectivity index (χ3v) is 6.38. The van der Waals surface area contributed by atoms with Crippen LogP contribution in [0.3, 0.4) is 0 Å². The Morgan fingerprint density at radius 3 is 2.70 bits per heavy atom. The van der Waals surface area contributed by atoms with Gasteiger partial charge in [-0.25, -0.2) is 8.42 Å². The molecule has 144 valence electrons. The molecular weight excluding hydrogens is 370 g/mol. The van der Waals surface area contributed by atoms with E-state index >= 15 is 0 Å². The van der Waals surface area contributed by atoms with Gasteiger partial charge in [0.15, 0.2) is 0 Å². The molecule has 0 radical (unpaired) electrons. The second kappa shape index (κ2) is 8.08. The molecule has 2 aliphatic heterocycles. The molecule has 1 saturated heterocycles. The first-order valence-corrected chi connectivity index (χ1v) is 10.1. The Balaban J connectivity index is 1.68. The first kappa shape index (κ1) is 19.4. The van der Waals surface area contributed by atoms with Crippen molar-refractivity contribution in [2.45, 2.75) is 30.3 Å². The van der Waals surface area contributed by atoms with E-state index in [9.17, 15) is 13.2 Å². The highest BCUT2D eigenvalue weighted by Crippen LogP contribution is 2.20. The highest BCUT2D eigenvalue weighted by molar-refractivity contribution is 7.89. The fraction of sp³-hybridized carbons (Fsp3) is 0.444. The van der Waals surface area contributed by atoms with Crippen molar-refractivity contribution in [1.29, 1.82) is 5.26 Å². The zero-order chi connectivity index (χ0) is 19.4. The fourth-order valence-corrected chi connectivity index (χ4v) is 4.18. The molecule has 3 rings (SSSR count). The van der Waals surface area contributed by atoms with Crippen LogP contribution in [0.15, 0.2) is 40.6 Å². The number of benzene rings is 1. The summed E-state index contributed by atoms with van der Waals surface area (Å²) in [4.78, 5) is 12.4. The summed E-state index contributed by atoms with van der Waals surface area (Å²) in [6.07, 6.45) is 2.17. The van der Waals surface area contributed by atoms with E-state index < -0.39 is 15.9 Å². The molecule has 1 amide bonds. The van der Waals surface area contributed by atoms with Crippen molar-refractivity contribution in [2.24, 2.45) is 0 Å². The molecule has 0 aromatic heterocycles. The van der Waals surface area contributed by atoms with Crippen LogP contribution in [0, 0.1) is 11.3 Å². The molecule has 2 heterocycles. The lowest BCUT2D eigenvalue weighted by molar-refractivity contribution is 0.0930. The summed E-state index contributed by atoms with van der Waals surface area (Å²) in [6, 6.07) is 7.64. The van der Waals surface area contributed by atoms with E-state index in [1.807, 2.05) is 6.07 Å². The molecule has 9 heteroatoms. The van der Waals surface area contributed by atoms with Gasteiger partial charge in [0.2, 0.25) is 15.9 Å². The molecule has 8 nitrogen and oxygen atoms in total. The second-order valence-electron chi connectivity index (χ2n) is 6.42. The summed E-state index contributed by atoms with van der Waals surface area (Å²) in [5, 5.41) is 11.5. The van der Waals surface area contributed by atoms with Gasteiger partial charge >= 0.3 is 0 Å². The van der Waals surface area contributed by atoms with E-state index in [2.05, 4.69) is 5.32 Å². The van der Waals surface area contributed by atoms with Crippen LogP contribution < -0.4 is 5.32 Å². The predicted octanol–water partition coefficient (Wildman–Crippen LogP) is 1.37. The van der Waals surface area contributed by atoms with Crippen molar-refractivity contribution >= 4 is 15.9 Å². The third kappa shape index (κ3) is 4.30. The fourth-order valence-electron chi connectivity index (χ4n) is 2.98. The van der Waals surface area contributed by atoms with Gasteiger partial charge in [-0.05, 0) is 37.1 Å². The maximum absolute atomic E-state index is 12.7. The Hall–Kier alpha value is -2.41. The van der Waals surface area contributed by atoms with Crippen LogP contribution in [0.25, 0.3) is 0 Å². The van der Waals surface area contributed by atoms with Gasteiger partial charge in [0.25, 0.3) is 5.91 Å². The van der Waals surface area contributed by atoms with Crippen LogP contribution in [-0.4, -0.2) is 51.5 Å². The first-order valence-electron chi connectivity index (χ1n) is 8.67. The number of ether oxygens (including phenoxy) is 2. The van der Waals surface area contributed by atoms with E-state index in [0.29, 0.717) is 31.8 Å². The van der Waals surface area contributed by atoms with E-state index in [1.165, 1.54) is 35.6 Å². The molecule has 0 aliphatic carbocycles. The third-order valence-electron chi connectivity index (χ3n) is 4.54. The van der Waals surface area contributed by atoms with Gasteiger partial charge in [0.05, 0.1) is 23.2 Å². The van der Waals surface area contributed by atoms with Crippen molar-refractivity contribution < 1.29 is 22.7 Å². The van der Waals surface area contributed by atoms with Gasteiger partial charge in [-0.2, -0.15) is 9.57 Å². The normalized spacial score (nSPS) is 19.8. The quantitative estimate of drug-likeness (QED) is 0.785. The average molecular weight is 391 g/mol.